The highest BCUT2D eigenvalue weighted by molar-refractivity contribution is 4.76. The van der Waals surface area contributed by atoms with E-state index in [9.17, 15) is 0 Å². The summed E-state index contributed by atoms with van der Waals surface area (Å²) in [4.78, 5) is 1.48. The van der Waals surface area contributed by atoms with Crippen LogP contribution in [0.1, 0.15) is 45.4 Å². The minimum Gasteiger partial charge on any atom is -0.307 e. The fourth-order valence-corrected chi connectivity index (χ4v) is 1.46. The van der Waals surface area contributed by atoms with Crippen LogP contribution in [0.25, 0.3) is 0 Å². The predicted molar refractivity (Wildman–Crippen MR) is 59.2 cm³/mol. The van der Waals surface area contributed by atoms with E-state index in [2.05, 4.69) is 34.6 Å². The molecule has 0 spiro atoms. The van der Waals surface area contributed by atoms with Crippen molar-refractivity contribution in [1.29, 1.82) is 0 Å². The van der Waals surface area contributed by atoms with Gasteiger partial charge >= 0.3 is 0 Å². The van der Waals surface area contributed by atoms with Crippen molar-refractivity contribution in [3.8, 4) is 0 Å². The number of unbranched alkanes of at least 4 members (excludes halogenated alkanes) is 2. The van der Waals surface area contributed by atoms with Crippen molar-refractivity contribution in [2.24, 2.45) is 7.05 Å². The molecule has 1 N–H and O–H groups in total. The highest BCUT2D eigenvalue weighted by Crippen LogP contribution is 2.03. The van der Waals surface area contributed by atoms with Crippen molar-refractivity contribution in [3.63, 3.8) is 0 Å². The van der Waals surface area contributed by atoms with Gasteiger partial charge < -0.3 is 5.32 Å². The third-order valence-electron chi connectivity index (χ3n) is 2.40. The van der Waals surface area contributed by atoms with Crippen LogP contribution in [0.15, 0.2) is 0 Å². The van der Waals surface area contributed by atoms with Crippen LogP contribution in [0.3, 0.4) is 0 Å². The Kier molecular flexibility index (Phi) is 5.25. The van der Waals surface area contributed by atoms with Gasteiger partial charge in [-0.3, -0.25) is 0 Å². The van der Waals surface area contributed by atoms with Crippen LogP contribution >= 0.6 is 0 Å². The summed E-state index contributed by atoms with van der Waals surface area (Å²) in [6, 6.07) is 0.528. The molecule has 0 saturated heterocycles. The summed E-state index contributed by atoms with van der Waals surface area (Å²) in [5.41, 5.74) is 0. The van der Waals surface area contributed by atoms with E-state index in [1.54, 1.807) is 7.05 Å². The number of hydrogen-bond acceptors (Lipinski definition) is 4. The molecule has 0 aliphatic rings. The van der Waals surface area contributed by atoms with Crippen molar-refractivity contribution in [2.45, 2.75) is 52.1 Å². The molecule has 0 aliphatic carbocycles. The van der Waals surface area contributed by atoms with Gasteiger partial charge in [0.05, 0.1) is 13.6 Å². The summed E-state index contributed by atoms with van der Waals surface area (Å²) in [6.45, 7) is 5.13. The highest BCUT2D eigenvalue weighted by Gasteiger charge is 2.04. The van der Waals surface area contributed by atoms with E-state index in [0.29, 0.717) is 12.6 Å². The molecule has 1 aromatic rings. The van der Waals surface area contributed by atoms with E-state index in [0.717, 1.165) is 5.82 Å². The van der Waals surface area contributed by atoms with E-state index >= 15 is 0 Å². The number of aryl methyl sites for hydroxylation is 1. The summed E-state index contributed by atoms with van der Waals surface area (Å²) in [5, 5.41) is 15.2. The van der Waals surface area contributed by atoms with Gasteiger partial charge in [-0.25, -0.2) is 0 Å². The standard InChI is InChI=1S/C10H21N5/c1-4-5-6-7-9(2)11-8-10-12-14-15(3)13-10/h9,11H,4-8H2,1-3H3. The van der Waals surface area contributed by atoms with Crippen LogP contribution in [0.4, 0.5) is 0 Å². The van der Waals surface area contributed by atoms with E-state index < -0.39 is 0 Å². The molecule has 1 unspecified atom stereocenters. The van der Waals surface area contributed by atoms with Crippen LogP contribution in [0, 0.1) is 0 Å². The van der Waals surface area contributed by atoms with Gasteiger partial charge in [0.25, 0.3) is 0 Å². The first kappa shape index (κ1) is 12.1. The van der Waals surface area contributed by atoms with E-state index in [4.69, 9.17) is 0 Å². The predicted octanol–water partition coefficient (Wildman–Crippen LogP) is 1.27. The van der Waals surface area contributed by atoms with Gasteiger partial charge in [-0.1, -0.05) is 26.2 Å². The molecule has 0 radical (unpaired) electrons. The van der Waals surface area contributed by atoms with Crippen LogP contribution < -0.4 is 5.32 Å². The summed E-state index contributed by atoms with van der Waals surface area (Å²) in [5.74, 6) is 0.764. The molecule has 0 fully saturated rings. The molecule has 1 rings (SSSR count). The van der Waals surface area contributed by atoms with E-state index in [-0.39, 0.29) is 0 Å². The Morgan fingerprint density at radius 2 is 2.20 bits per heavy atom. The second-order valence-corrected chi connectivity index (χ2v) is 3.97. The van der Waals surface area contributed by atoms with Gasteiger partial charge in [-0.05, 0) is 18.6 Å². The molecule has 0 amide bonds. The normalized spacial score (nSPS) is 13.0. The first-order valence-corrected chi connectivity index (χ1v) is 5.68. The largest absolute Gasteiger partial charge is 0.307 e. The Bertz CT molecular complexity index is 271. The lowest BCUT2D eigenvalue weighted by Gasteiger charge is -2.11. The van der Waals surface area contributed by atoms with Crippen molar-refractivity contribution >= 4 is 0 Å². The minimum atomic E-state index is 0.528. The Hall–Kier alpha value is -0.970. The van der Waals surface area contributed by atoms with Gasteiger partial charge in [0.1, 0.15) is 0 Å². The Morgan fingerprint density at radius 1 is 1.40 bits per heavy atom. The fourth-order valence-electron chi connectivity index (χ4n) is 1.46. The molecule has 0 aromatic carbocycles. The average molecular weight is 211 g/mol. The molecular weight excluding hydrogens is 190 g/mol. The number of nitrogens with zero attached hydrogens (tertiary/aromatic N) is 4. The lowest BCUT2D eigenvalue weighted by molar-refractivity contribution is 0.479. The number of hydrogen-bond donors (Lipinski definition) is 1. The molecule has 5 heteroatoms. The molecule has 5 nitrogen and oxygen atoms in total. The van der Waals surface area contributed by atoms with E-state index in [1.165, 1.54) is 30.5 Å². The number of tetrazole rings is 1. The van der Waals surface area contributed by atoms with Gasteiger partial charge in [-0.15, -0.1) is 10.2 Å². The molecule has 1 aromatic heterocycles. The number of aromatic nitrogens is 4. The SMILES string of the molecule is CCCCCC(C)NCc1nnn(C)n1. The number of rotatable bonds is 7. The summed E-state index contributed by atoms with van der Waals surface area (Å²) >= 11 is 0. The zero-order valence-electron chi connectivity index (χ0n) is 9.90. The molecule has 0 aliphatic heterocycles. The van der Waals surface area contributed by atoms with Crippen molar-refractivity contribution in [3.05, 3.63) is 5.82 Å². The molecule has 86 valence electrons. The summed E-state index contributed by atoms with van der Waals surface area (Å²) in [7, 11) is 1.78. The van der Waals surface area contributed by atoms with Crippen LogP contribution in [-0.4, -0.2) is 26.2 Å². The van der Waals surface area contributed by atoms with Gasteiger partial charge in [0.2, 0.25) is 0 Å². The zero-order valence-corrected chi connectivity index (χ0v) is 9.90. The minimum absolute atomic E-state index is 0.528. The highest BCUT2D eigenvalue weighted by atomic mass is 15.6. The third kappa shape index (κ3) is 4.88. The monoisotopic (exact) mass is 211 g/mol. The second-order valence-electron chi connectivity index (χ2n) is 3.97. The maximum absolute atomic E-state index is 4.11. The summed E-state index contributed by atoms with van der Waals surface area (Å²) < 4.78 is 0. The Labute approximate surface area is 91.2 Å². The van der Waals surface area contributed by atoms with Gasteiger partial charge in [0, 0.05) is 6.04 Å². The van der Waals surface area contributed by atoms with Gasteiger partial charge in [-0.2, -0.15) is 4.80 Å². The van der Waals surface area contributed by atoms with Crippen LogP contribution in [0.2, 0.25) is 0 Å². The number of nitrogens with one attached hydrogen (secondary N) is 1. The van der Waals surface area contributed by atoms with Gasteiger partial charge in [0.15, 0.2) is 5.82 Å². The molecular formula is C10H21N5. The fraction of sp³-hybridized carbons (Fsp3) is 0.900. The third-order valence-corrected chi connectivity index (χ3v) is 2.40. The molecule has 0 saturated carbocycles. The topological polar surface area (TPSA) is 55.6 Å². The van der Waals surface area contributed by atoms with Crippen LogP contribution in [-0.2, 0) is 13.6 Å². The zero-order chi connectivity index (χ0) is 11.1. The average Bonchev–Trinajstić information content (AvgIpc) is 2.62. The quantitative estimate of drug-likeness (QED) is 0.690. The molecule has 1 heterocycles. The lowest BCUT2D eigenvalue weighted by atomic mass is 10.1. The first-order chi connectivity index (χ1) is 7.22. The lowest BCUT2D eigenvalue weighted by Crippen LogP contribution is -2.25. The molecule has 1 atom stereocenters. The molecule has 15 heavy (non-hydrogen) atoms. The van der Waals surface area contributed by atoms with Crippen molar-refractivity contribution < 1.29 is 0 Å². The smallest absolute Gasteiger partial charge is 0.188 e. The second kappa shape index (κ2) is 6.50. The maximum Gasteiger partial charge on any atom is 0.188 e. The van der Waals surface area contributed by atoms with Crippen molar-refractivity contribution in [1.82, 2.24) is 25.5 Å². The molecule has 0 bridgehead atoms. The Morgan fingerprint density at radius 3 is 2.80 bits per heavy atom. The van der Waals surface area contributed by atoms with E-state index in [1.807, 2.05) is 0 Å². The van der Waals surface area contributed by atoms with Crippen LogP contribution in [0.5, 0.6) is 0 Å². The first-order valence-electron chi connectivity index (χ1n) is 5.68. The Balaban J connectivity index is 2.13. The maximum atomic E-state index is 4.11. The summed E-state index contributed by atoms with van der Waals surface area (Å²) in [6.07, 6.45) is 5.10. The van der Waals surface area contributed by atoms with Crippen molar-refractivity contribution in [2.75, 3.05) is 0 Å².